The number of hydrogen-bond acceptors (Lipinski definition) is 4. The SMILES string of the molecule is CCCC(C(=O)OCC)N1CCC[C@@H]1CO. The van der Waals surface area contributed by atoms with E-state index in [-0.39, 0.29) is 24.7 Å². The van der Waals surface area contributed by atoms with E-state index in [9.17, 15) is 9.90 Å². The van der Waals surface area contributed by atoms with Crippen LogP contribution < -0.4 is 0 Å². The van der Waals surface area contributed by atoms with Crippen LogP contribution in [-0.2, 0) is 9.53 Å². The van der Waals surface area contributed by atoms with E-state index in [2.05, 4.69) is 11.8 Å². The molecule has 1 aliphatic rings. The molecule has 94 valence electrons. The van der Waals surface area contributed by atoms with Crippen LogP contribution in [-0.4, -0.2) is 47.8 Å². The summed E-state index contributed by atoms with van der Waals surface area (Å²) in [6, 6.07) is -0.0226. The highest BCUT2D eigenvalue weighted by molar-refractivity contribution is 5.75. The summed E-state index contributed by atoms with van der Waals surface area (Å²) in [6.45, 7) is 5.36. The molecule has 0 amide bonds. The molecule has 0 aromatic heterocycles. The van der Waals surface area contributed by atoms with Gasteiger partial charge in [-0.05, 0) is 32.7 Å². The molecule has 1 aliphatic heterocycles. The van der Waals surface area contributed by atoms with Crippen molar-refractivity contribution in [1.29, 1.82) is 0 Å². The van der Waals surface area contributed by atoms with Crippen LogP contribution in [0.2, 0.25) is 0 Å². The first-order valence-corrected chi connectivity index (χ1v) is 6.27. The van der Waals surface area contributed by atoms with Crippen molar-refractivity contribution in [2.75, 3.05) is 19.8 Å². The Labute approximate surface area is 97.6 Å². The smallest absolute Gasteiger partial charge is 0.323 e. The van der Waals surface area contributed by atoms with Crippen LogP contribution in [0.3, 0.4) is 0 Å². The van der Waals surface area contributed by atoms with Gasteiger partial charge < -0.3 is 9.84 Å². The molecule has 1 rings (SSSR count). The van der Waals surface area contributed by atoms with E-state index >= 15 is 0 Å². The Bertz CT molecular complexity index is 220. The Kier molecular flexibility index (Phi) is 5.77. The molecule has 1 N–H and O–H groups in total. The minimum atomic E-state index is -0.162. The van der Waals surface area contributed by atoms with Crippen LogP contribution in [0.5, 0.6) is 0 Å². The summed E-state index contributed by atoms with van der Waals surface area (Å²) in [5.41, 5.74) is 0. The molecule has 4 nitrogen and oxygen atoms in total. The van der Waals surface area contributed by atoms with Gasteiger partial charge in [0.15, 0.2) is 0 Å². The van der Waals surface area contributed by atoms with Crippen molar-refractivity contribution in [1.82, 2.24) is 4.90 Å². The fourth-order valence-electron chi connectivity index (χ4n) is 2.40. The molecule has 0 aromatic carbocycles. The molecule has 0 radical (unpaired) electrons. The largest absolute Gasteiger partial charge is 0.465 e. The zero-order chi connectivity index (χ0) is 12.0. The summed E-state index contributed by atoms with van der Waals surface area (Å²) in [5, 5.41) is 9.27. The number of rotatable bonds is 6. The summed E-state index contributed by atoms with van der Waals surface area (Å²) < 4.78 is 5.10. The van der Waals surface area contributed by atoms with Gasteiger partial charge in [-0.3, -0.25) is 9.69 Å². The van der Waals surface area contributed by atoms with E-state index in [1.165, 1.54) is 0 Å². The third-order valence-electron chi connectivity index (χ3n) is 3.15. The molecule has 1 fully saturated rings. The van der Waals surface area contributed by atoms with Gasteiger partial charge in [0, 0.05) is 6.04 Å². The molecule has 0 spiro atoms. The zero-order valence-corrected chi connectivity index (χ0v) is 10.3. The minimum absolute atomic E-state index is 0.135. The van der Waals surface area contributed by atoms with Gasteiger partial charge >= 0.3 is 5.97 Å². The normalized spacial score (nSPS) is 23.3. The van der Waals surface area contributed by atoms with Gasteiger partial charge in [0.25, 0.3) is 0 Å². The summed E-state index contributed by atoms with van der Waals surface area (Å²) in [7, 11) is 0. The zero-order valence-electron chi connectivity index (χ0n) is 10.3. The average molecular weight is 229 g/mol. The van der Waals surface area contributed by atoms with Gasteiger partial charge in [0.05, 0.1) is 13.2 Å². The topological polar surface area (TPSA) is 49.8 Å². The molecular weight excluding hydrogens is 206 g/mol. The molecule has 1 heterocycles. The van der Waals surface area contributed by atoms with E-state index in [1.807, 2.05) is 6.92 Å². The van der Waals surface area contributed by atoms with Crippen molar-refractivity contribution in [3.63, 3.8) is 0 Å². The quantitative estimate of drug-likeness (QED) is 0.695. The maximum absolute atomic E-state index is 11.8. The predicted octanol–water partition coefficient (Wildman–Crippen LogP) is 1.17. The lowest BCUT2D eigenvalue weighted by molar-refractivity contribution is -0.150. The van der Waals surface area contributed by atoms with E-state index in [0.29, 0.717) is 6.61 Å². The lowest BCUT2D eigenvalue weighted by Gasteiger charge is -2.30. The second kappa shape index (κ2) is 6.86. The summed E-state index contributed by atoms with van der Waals surface area (Å²) in [4.78, 5) is 13.9. The maximum atomic E-state index is 11.8. The summed E-state index contributed by atoms with van der Waals surface area (Å²) >= 11 is 0. The molecule has 2 atom stereocenters. The Hall–Kier alpha value is -0.610. The highest BCUT2D eigenvalue weighted by Crippen LogP contribution is 2.22. The van der Waals surface area contributed by atoms with E-state index < -0.39 is 0 Å². The molecule has 1 saturated heterocycles. The number of carbonyl (C=O) groups excluding carboxylic acids is 1. The monoisotopic (exact) mass is 229 g/mol. The Balaban J connectivity index is 2.64. The lowest BCUT2D eigenvalue weighted by Crippen LogP contribution is -2.46. The Morgan fingerprint density at radius 1 is 1.56 bits per heavy atom. The molecule has 4 heteroatoms. The second-order valence-corrected chi connectivity index (χ2v) is 4.27. The summed E-state index contributed by atoms with van der Waals surface area (Å²) in [6.07, 6.45) is 3.81. The highest BCUT2D eigenvalue weighted by Gasteiger charge is 2.34. The number of ether oxygens (including phenoxy) is 1. The molecule has 0 bridgehead atoms. The van der Waals surface area contributed by atoms with Gasteiger partial charge in [-0.15, -0.1) is 0 Å². The Morgan fingerprint density at radius 2 is 2.31 bits per heavy atom. The van der Waals surface area contributed by atoms with E-state index in [4.69, 9.17) is 4.74 Å². The standard InChI is InChI=1S/C12H23NO3/c1-3-6-11(12(15)16-4-2)13-8-5-7-10(13)9-14/h10-11,14H,3-9H2,1-2H3/t10-,11?/m1/s1. The van der Waals surface area contributed by atoms with Gasteiger partial charge in [-0.2, -0.15) is 0 Å². The molecule has 0 saturated carbocycles. The van der Waals surface area contributed by atoms with Crippen LogP contribution >= 0.6 is 0 Å². The van der Waals surface area contributed by atoms with Crippen molar-refractivity contribution in [3.05, 3.63) is 0 Å². The average Bonchev–Trinajstić information content (AvgIpc) is 2.73. The van der Waals surface area contributed by atoms with Gasteiger partial charge in [0.2, 0.25) is 0 Å². The number of likely N-dealkylation sites (tertiary alicyclic amines) is 1. The van der Waals surface area contributed by atoms with Crippen LogP contribution in [0.4, 0.5) is 0 Å². The Morgan fingerprint density at radius 3 is 2.88 bits per heavy atom. The first kappa shape index (κ1) is 13.5. The lowest BCUT2D eigenvalue weighted by atomic mass is 10.1. The first-order valence-electron chi connectivity index (χ1n) is 6.27. The minimum Gasteiger partial charge on any atom is -0.465 e. The van der Waals surface area contributed by atoms with Crippen molar-refractivity contribution >= 4 is 5.97 Å². The highest BCUT2D eigenvalue weighted by atomic mass is 16.5. The molecule has 16 heavy (non-hydrogen) atoms. The number of aliphatic hydroxyl groups excluding tert-OH is 1. The van der Waals surface area contributed by atoms with Crippen LogP contribution in [0.15, 0.2) is 0 Å². The predicted molar refractivity (Wildman–Crippen MR) is 62.1 cm³/mol. The van der Waals surface area contributed by atoms with Gasteiger partial charge in [-0.25, -0.2) is 0 Å². The number of nitrogens with zero attached hydrogens (tertiary/aromatic N) is 1. The number of carbonyl (C=O) groups is 1. The van der Waals surface area contributed by atoms with Gasteiger partial charge in [-0.1, -0.05) is 13.3 Å². The van der Waals surface area contributed by atoms with Crippen molar-refractivity contribution in [2.45, 2.75) is 51.6 Å². The number of aliphatic hydroxyl groups is 1. The van der Waals surface area contributed by atoms with Gasteiger partial charge in [0.1, 0.15) is 6.04 Å². The molecule has 0 aliphatic carbocycles. The molecular formula is C12H23NO3. The van der Waals surface area contributed by atoms with Crippen LogP contribution in [0.25, 0.3) is 0 Å². The maximum Gasteiger partial charge on any atom is 0.323 e. The summed E-state index contributed by atoms with van der Waals surface area (Å²) in [5.74, 6) is -0.135. The third-order valence-corrected chi connectivity index (χ3v) is 3.15. The van der Waals surface area contributed by atoms with E-state index in [0.717, 1.165) is 32.2 Å². The number of hydrogen-bond donors (Lipinski definition) is 1. The van der Waals surface area contributed by atoms with Crippen LogP contribution in [0.1, 0.15) is 39.5 Å². The second-order valence-electron chi connectivity index (χ2n) is 4.27. The fraction of sp³-hybridized carbons (Fsp3) is 0.917. The first-order chi connectivity index (χ1) is 7.74. The van der Waals surface area contributed by atoms with E-state index in [1.54, 1.807) is 0 Å². The van der Waals surface area contributed by atoms with Crippen molar-refractivity contribution < 1.29 is 14.6 Å². The van der Waals surface area contributed by atoms with Crippen molar-refractivity contribution in [3.8, 4) is 0 Å². The van der Waals surface area contributed by atoms with Crippen LogP contribution in [0, 0.1) is 0 Å². The number of esters is 1. The fourth-order valence-corrected chi connectivity index (χ4v) is 2.40. The molecule has 0 aromatic rings. The molecule has 1 unspecified atom stereocenters. The van der Waals surface area contributed by atoms with Crippen molar-refractivity contribution in [2.24, 2.45) is 0 Å². The third kappa shape index (κ3) is 3.19.